The molecule has 11 heteroatoms. The van der Waals surface area contributed by atoms with Crippen molar-refractivity contribution in [2.75, 3.05) is 0 Å². The Morgan fingerprint density at radius 1 is 1.00 bits per heavy atom. The second-order valence-electron chi connectivity index (χ2n) is 6.49. The number of aliphatic hydroxyl groups excluding tert-OH is 3. The zero-order chi connectivity index (χ0) is 22.2. The number of ether oxygens (including phenoxy) is 2. The molecule has 0 saturated carbocycles. The molecule has 160 valence electrons. The number of halogens is 2. The molecule has 5 N–H and O–H groups in total. The van der Waals surface area contributed by atoms with Crippen LogP contribution >= 0.6 is 0 Å². The lowest BCUT2D eigenvalue weighted by Gasteiger charge is -2.38. The van der Waals surface area contributed by atoms with Crippen LogP contribution in [0.4, 0.5) is 8.78 Å². The number of carbonyl (C=O) groups excluding carboxylic acids is 1. The minimum Gasteiger partial charge on any atom is -0.507 e. The number of rotatable bonds is 4. The Labute approximate surface area is 167 Å². The normalized spacial score (nSPS) is 26.2. The number of esters is 1. The Balaban J connectivity index is 1.90. The number of carbonyl (C=O) groups is 2. The standard InChI is InChI=1S/C19H16F2O9/c20-8-2-3-9(11(21)6-8)7-1-4-12(22)10(5-7)18(27)29-15-13(23)16(17(25)26)30-19(28)14(15)24/h1-6,13-16,19,22-24,28H,(H,25,26)/t13-,14+,15-,16-,19+/m0/s1. The van der Waals surface area contributed by atoms with E-state index in [1.165, 1.54) is 6.07 Å². The Bertz CT molecular complexity index is 980. The van der Waals surface area contributed by atoms with E-state index in [2.05, 4.69) is 4.74 Å². The number of phenols is 1. The van der Waals surface area contributed by atoms with E-state index in [0.29, 0.717) is 6.07 Å². The number of phenolic OH excluding ortho intramolecular Hbond substituents is 1. The lowest BCUT2D eigenvalue weighted by Crippen LogP contribution is -2.61. The first-order chi connectivity index (χ1) is 14.1. The predicted molar refractivity (Wildman–Crippen MR) is 93.2 cm³/mol. The number of aliphatic carboxylic acids is 1. The van der Waals surface area contributed by atoms with Crippen LogP contribution < -0.4 is 0 Å². The molecule has 1 aliphatic rings. The van der Waals surface area contributed by atoms with E-state index in [9.17, 15) is 38.8 Å². The van der Waals surface area contributed by atoms with Gasteiger partial charge in [-0.15, -0.1) is 0 Å². The maximum atomic E-state index is 14.0. The summed E-state index contributed by atoms with van der Waals surface area (Å²) in [7, 11) is 0. The van der Waals surface area contributed by atoms with Crippen molar-refractivity contribution < 1.29 is 53.4 Å². The Kier molecular flexibility index (Phi) is 5.99. The van der Waals surface area contributed by atoms with Gasteiger partial charge in [0, 0.05) is 11.6 Å². The molecule has 2 aromatic rings. The van der Waals surface area contributed by atoms with Gasteiger partial charge < -0.3 is 35.0 Å². The second-order valence-corrected chi connectivity index (χ2v) is 6.49. The summed E-state index contributed by atoms with van der Waals surface area (Å²) in [6.07, 6.45) is -9.99. The quantitative estimate of drug-likeness (QED) is 0.437. The molecule has 1 heterocycles. The highest BCUT2D eigenvalue weighted by atomic mass is 19.1. The number of hydrogen-bond acceptors (Lipinski definition) is 8. The van der Waals surface area contributed by atoms with Crippen molar-refractivity contribution in [1.82, 2.24) is 0 Å². The molecule has 3 rings (SSSR count). The number of carboxylic acids is 1. The number of aromatic hydroxyl groups is 1. The molecule has 0 bridgehead atoms. The van der Waals surface area contributed by atoms with Crippen LogP contribution in [0.25, 0.3) is 11.1 Å². The van der Waals surface area contributed by atoms with Crippen LogP contribution in [0.15, 0.2) is 36.4 Å². The molecule has 1 fully saturated rings. The van der Waals surface area contributed by atoms with Crippen molar-refractivity contribution in [3.63, 3.8) is 0 Å². The average Bonchev–Trinajstić information content (AvgIpc) is 2.68. The maximum absolute atomic E-state index is 14.0. The van der Waals surface area contributed by atoms with Crippen molar-refractivity contribution >= 4 is 11.9 Å². The van der Waals surface area contributed by atoms with Crippen molar-refractivity contribution in [1.29, 1.82) is 0 Å². The fourth-order valence-corrected chi connectivity index (χ4v) is 2.97. The molecule has 0 aliphatic carbocycles. The van der Waals surface area contributed by atoms with Gasteiger partial charge in [-0.2, -0.15) is 0 Å². The molecule has 0 aromatic heterocycles. The van der Waals surface area contributed by atoms with E-state index in [1.54, 1.807) is 0 Å². The van der Waals surface area contributed by atoms with Crippen LogP contribution in [0.3, 0.4) is 0 Å². The molecule has 0 unspecified atom stereocenters. The molecule has 30 heavy (non-hydrogen) atoms. The summed E-state index contributed by atoms with van der Waals surface area (Å²) in [6, 6.07) is 6.06. The van der Waals surface area contributed by atoms with Gasteiger partial charge in [0.05, 0.1) is 0 Å². The Morgan fingerprint density at radius 3 is 2.33 bits per heavy atom. The monoisotopic (exact) mass is 426 g/mol. The van der Waals surface area contributed by atoms with E-state index < -0.39 is 65.6 Å². The Morgan fingerprint density at radius 2 is 1.70 bits per heavy atom. The molecular weight excluding hydrogens is 410 g/mol. The van der Waals surface area contributed by atoms with E-state index >= 15 is 0 Å². The first-order valence-corrected chi connectivity index (χ1v) is 8.52. The van der Waals surface area contributed by atoms with Crippen molar-refractivity contribution in [3.8, 4) is 16.9 Å². The predicted octanol–water partition coefficient (Wildman–Crippen LogP) is 0.386. The van der Waals surface area contributed by atoms with Gasteiger partial charge >= 0.3 is 11.9 Å². The van der Waals surface area contributed by atoms with E-state index in [0.717, 1.165) is 24.3 Å². The smallest absolute Gasteiger partial charge is 0.342 e. The van der Waals surface area contributed by atoms with Crippen molar-refractivity contribution in [3.05, 3.63) is 53.6 Å². The van der Waals surface area contributed by atoms with Crippen LogP contribution in [0.2, 0.25) is 0 Å². The summed E-state index contributed by atoms with van der Waals surface area (Å²) in [5.74, 6) is -5.33. The molecule has 1 saturated heterocycles. The fourth-order valence-electron chi connectivity index (χ4n) is 2.97. The third-order valence-electron chi connectivity index (χ3n) is 4.51. The minimum absolute atomic E-state index is 0.0776. The molecule has 2 aromatic carbocycles. The minimum atomic E-state index is -2.07. The van der Waals surface area contributed by atoms with Crippen molar-refractivity contribution in [2.24, 2.45) is 0 Å². The molecule has 0 radical (unpaired) electrons. The number of aliphatic hydroxyl groups is 3. The van der Waals surface area contributed by atoms with Gasteiger partial charge in [0.15, 0.2) is 18.5 Å². The molecular formula is C19H16F2O9. The van der Waals surface area contributed by atoms with Gasteiger partial charge in [-0.1, -0.05) is 6.07 Å². The van der Waals surface area contributed by atoms with E-state index in [-0.39, 0.29) is 11.1 Å². The first kappa shape index (κ1) is 21.6. The first-order valence-electron chi connectivity index (χ1n) is 8.52. The van der Waals surface area contributed by atoms with Crippen molar-refractivity contribution in [2.45, 2.75) is 30.7 Å². The van der Waals surface area contributed by atoms with Gasteiger partial charge in [-0.3, -0.25) is 0 Å². The maximum Gasteiger partial charge on any atom is 0.342 e. The third-order valence-corrected chi connectivity index (χ3v) is 4.51. The van der Waals surface area contributed by atoms with E-state index in [1.807, 2.05) is 0 Å². The summed E-state index contributed by atoms with van der Waals surface area (Å²) in [6.45, 7) is 0. The Hall–Kier alpha value is -3.12. The van der Waals surface area contributed by atoms with Gasteiger partial charge in [0.2, 0.25) is 0 Å². The summed E-state index contributed by atoms with van der Waals surface area (Å²) >= 11 is 0. The lowest BCUT2D eigenvalue weighted by atomic mass is 9.98. The van der Waals surface area contributed by atoms with Crippen LogP contribution in [-0.2, 0) is 14.3 Å². The van der Waals surface area contributed by atoms with Crippen LogP contribution in [0, 0.1) is 11.6 Å². The van der Waals surface area contributed by atoms with Gasteiger partial charge in [0.25, 0.3) is 0 Å². The summed E-state index contributed by atoms with van der Waals surface area (Å²) in [4.78, 5) is 23.6. The van der Waals surface area contributed by atoms with Gasteiger partial charge in [0.1, 0.15) is 35.2 Å². The highest BCUT2D eigenvalue weighted by Gasteiger charge is 2.49. The molecule has 5 atom stereocenters. The zero-order valence-electron chi connectivity index (χ0n) is 15.0. The number of hydrogen-bond donors (Lipinski definition) is 5. The summed E-state index contributed by atoms with van der Waals surface area (Å²) in [5.41, 5.74) is -0.518. The van der Waals surface area contributed by atoms with Crippen LogP contribution in [0.1, 0.15) is 10.4 Å². The molecule has 1 aliphatic heterocycles. The van der Waals surface area contributed by atoms with Crippen LogP contribution in [0.5, 0.6) is 5.75 Å². The fraction of sp³-hybridized carbons (Fsp3) is 0.263. The summed E-state index contributed by atoms with van der Waals surface area (Å²) in [5, 5.41) is 48.6. The third kappa shape index (κ3) is 4.09. The topological polar surface area (TPSA) is 154 Å². The number of benzene rings is 2. The number of carboxylic acid groups (broad SMARTS) is 1. The molecule has 0 amide bonds. The largest absolute Gasteiger partial charge is 0.507 e. The van der Waals surface area contributed by atoms with E-state index in [4.69, 9.17) is 9.84 Å². The van der Waals surface area contributed by atoms with Gasteiger partial charge in [-0.05, 0) is 29.8 Å². The lowest BCUT2D eigenvalue weighted by molar-refractivity contribution is -0.279. The summed E-state index contributed by atoms with van der Waals surface area (Å²) < 4.78 is 36.6. The SMILES string of the molecule is O=C(O[C@@H]1[C@@H](O)[C@H](O)O[C@H](C(=O)O)[C@H]1O)c1cc(-c2ccc(F)cc2F)ccc1O. The zero-order valence-corrected chi connectivity index (χ0v) is 15.0. The highest BCUT2D eigenvalue weighted by molar-refractivity contribution is 5.94. The highest BCUT2D eigenvalue weighted by Crippen LogP contribution is 2.30. The average molecular weight is 426 g/mol. The molecule has 9 nitrogen and oxygen atoms in total. The van der Waals surface area contributed by atoms with Crippen LogP contribution in [-0.4, -0.2) is 68.2 Å². The van der Waals surface area contributed by atoms with Gasteiger partial charge in [-0.25, -0.2) is 18.4 Å². The molecule has 0 spiro atoms. The second kappa shape index (κ2) is 8.32.